The Morgan fingerprint density at radius 1 is 0.767 bits per heavy atom. The quantitative estimate of drug-likeness (QED) is 0.548. The first-order chi connectivity index (χ1) is 14.3. The van der Waals surface area contributed by atoms with Gasteiger partial charge in [0.2, 0.25) is 0 Å². The zero-order chi connectivity index (χ0) is 21.7. The van der Waals surface area contributed by atoms with Crippen LogP contribution < -0.4 is 15.6 Å². The highest BCUT2D eigenvalue weighted by atomic mass is 32.2. The number of rotatable bonds is 5. The lowest BCUT2D eigenvalue weighted by atomic mass is 10.1. The van der Waals surface area contributed by atoms with Gasteiger partial charge in [0.05, 0.1) is 4.90 Å². The Labute approximate surface area is 175 Å². The third kappa shape index (κ3) is 5.03. The molecule has 3 rings (SSSR count). The van der Waals surface area contributed by atoms with Crippen molar-refractivity contribution in [2.45, 2.75) is 18.7 Å². The fourth-order valence-electron chi connectivity index (χ4n) is 2.69. The number of hydrogen-bond donors (Lipinski definition) is 3. The van der Waals surface area contributed by atoms with E-state index in [-0.39, 0.29) is 10.5 Å². The van der Waals surface area contributed by atoms with Crippen LogP contribution in [0.5, 0.6) is 0 Å². The molecule has 3 aromatic rings. The highest BCUT2D eigenvalue weighted by Crippen LogP contribution is 2.19. The molecule has 3 N–H and O–H groups in total. The van der Waals surface area contributed by atoms with E-state index in [1.165, 1.54) is 18.2 Å². The average Bonchev–Trinajstić information content (AvgIpc) is 2.74. The van der Waals surface area contributed by atoms with Crippen LogP contribution in [0.4, 0.5) is 5.69 Å². The Bertz CT molecular complexity index is 1170. The van der Waals surface area contributed by atoms with E-state index in [0.717, 1.165) is 5.56 Å². The van der Waals surface area contributed by atoms with Gasteiger partial charge in [0, 0.05) is 16.8 Å². The SMILES string of the molecule is Cc1ccc(NS(=O)(=O)c2ccc(C)c(C(=O)NNC(=O)c3ccccc3)c2)cc1. The van der Waals surface area contributed by atoms with Gasteiger partial charge in [-0.25, -0.2) is 8.42 Å². The number of amides is 2. The van der Waals surface area contributed by atoms with Crippen molar-refractivity contribution in [3.05, 3.63) is 95.1 Å². The summed E-state index contributed by atoms with van der Waals surface area (Å²) >= 11 is 0. The van der Waals surface area contributed by atoms with Gasteiger partial charge in [-0.05, 0) is 55.8 Å². The number of carbonyl (C=O) groups excluding carboxylic acids is 2. The van der Waals surface area contributed by atoms with Crippen molar-refractivity contribution < 1.29 is 18.0 Å². The van der Waals surface area contributed by atoms with Crippen LogP contribution >= 0.6 is 0 Å². The minimum absolute atomic E-state index is 0.0618. The Morgan fingerprint density at radius 2 is 1.40 bits per heavy atom. The Morgan fingerprint density at radius 3 is 2.07 bits per heavy atom. The van der Waals surface area contributed by atoms with E-state index in [0.29, 0.717) is 16.8 Å². The number of sulfonamides is 1. The second kappa shape index (κ2) is 8.79. The summed E-state index contributed by atoms with van der Waals surface area (Å²) in [5.41, 5.74) is 7.15. The predicted octanol–water partition coefficient (Wildman–Crippen LogP) is 3.18. The summed E-state index contributed by atoms with van der Waals surface area (Å²) in [6, 6.07) is 19.5. The Hall–Kier alpha value is -3.65. The first-order valence-corrected chi connectivity index (χ1v) is 10.6. The summed E-state index contributed by atoms with van der Waals surface area (Å²) in [6.45, 7) is 3.58. The molecule has 0 saturated heterocycles. The summed E-state index contributed by atoms with van der Waals surface area (Å²) in [6.07, 6.45) is 0. The predicted molar refractivity (Wildman–Crippen MR) is 115 cm³/mol. The van der Waals surface area contributed by atoms with Gasteiger partial charge in [-0.1, -0.05) is 42.0 Å². The van der Waals surface area contributed by atoms with Crippen LogP contribution in [0.25, 0.3) is 0 Å². The molecule has 0 bridgehead atoms. The van der Waals surface area contributed by atoms with Gasteiger partial charge in [0.15, 0.2) is 0 Å². The summed E-state index contributed by atoms with van der Waals surface area (Å²) in [7, 11) is -3.89. The molecule has 0 heterocycles. The first-order valence-electron chi connectivity index (χ1n) is 9.12. The molecule has 0 aliphatic heterocycles. The topological polar surface area (TPSA) is 104 Å². The number of benzene rings is 3. The van der Waals surface area contributed by atoms with Crippen molar-refractivity contribution in [2.24, 2.45) is 0 Å². The maximum Gasteiger partial charge on any atom is 0.270 e. The minimum Gasteiger partial charge on any atom is -0.280 e. The molecule has 0 aromatic heterocycles. The normalized spacial score (nSPS) is 10.9. The van der Waals surface area contributed by atoms with Gasteiger partial charge in [-0.15, -0.1) is 0 Å². The number of hydrazine groups is 1. The monoisotopic (exact) mass is 423 g/mol. The van der Waals surface area contributed by atoms with Crippen LogP contribution in [-0.4, -0.2) is 20.2 Å². The summed E-state index contributed by atoms with van der Waals surface area (Å²) in [5, 5.41) is 0. The smallest absolute Gasteiger partial charge is 0.270 e. The highest BCUT2D eigenvalue weighted by molar-refractivity contribution is 7.92. The fraction of sp³-hybridized carbons (Fsp3) is 0.0909. The second-order valence-corrected chi connectivity index (χ2v) is 8.40. The van der Waals surface area contributed by atoms with Crippen LogP contribution in [0.2, 0.25) is 0 Å². The Kier molecular flexibility index (Phi) is 6.17. The number of hydrogen-bond acceptors (Lipinski definition) is 4. The van der Waals surface area contributed by atoms with Crippen LogP contribution in [0, 0.1) is 13.8 Å². The lowest BCUT2D eigenvalue weighted by molar-refractivity contribution is 0.0846. The summed E-state index contributed by atoms with van der Waals surface area (Å²) < 4.78 is 27.9. The number of nitrogens with one attached hydrogen (secondary N) is 3. The van der Waals surface area contributed by atoms with E-state index in [2.05, 4.69) is 15.6 Å². The second-order valence-electron chi connectivity index (χ2n) is 6.72. The number of anilines is 1. The molecule has 0 aliphatic carbocycles. The van der Waals surface area contributed by atoms with Crippen molar-refractivity contribution in [2.75, 3.05) is 4.72 Å². The van der Waals surface area contributed by atoms with Crippen LogP contribution in [0.15, 0.2) is 77.7 Å². The van der Waals surface area contributed by atoms with Crippen molar-refractivity contribution in [1.82, 2.24) is 10.9 Å². The van der Waals surface area contributed by atoms with E-state index in [9.17, 15) is 18.0 Å². The molecular formula is C22H21N3O4S. The van der Waals surface area contributed by atoms with Crippen molar-refractivity contribution >= 4 is 27.5 Å². The molecule has 3 aromatic carbocycles. The van der Waals surface area contributed by atoms with Gasteiger partial charge in [0.25, 0.3) is 21.8 Å². The van der Waals surface area contributed by atoms with E-state index < -0.39 is 21.8 Å². The zero-order valence-electron chi connectivity index (χ0n) is 16.5. The molecule has 0 unspecified atom stereocenters. The van der Waals surface area contributed by atoms with Crippen LogP contribution in [0.3, 0.4) is 0 Å². The standard InChI is InChI=1S/C22H21N3O4S/c1-15-8-11-18(12-9-15)25-30(28,29)19-13-10-16(2)20(14-19)22(27)24-23-21(26)17-6-4-3-5-7-17/h3-14,25H,1-2H3,(H,23,26)(H,24,27). The van der Waals surface area contributed by atoms with E-state index in [4.69, 9.17) is 0 Å². The van der Waals surface area contributed by atoms with Gasteiger partial charge in [-0.2, -0.15) is 0 Å². The third-order valence-electron chi connectivity index (χ3n) is 4.39. The lowest BCUT2D eigenvalue weighted by Crippen LogP contribution is -2.41. The van der Waals surface area contributed by atoms with E-state index in [1.54, 1.807) is 61.5 Å². The maximum absolute atomic E-state index is 12.7. The highest BCUT2D eigenvalue weighted by Gasteiger charge is 2.19. The molecule has 7 nitrogen and oxygen atoms in total. The molecule has 0 atom stereocenters. The molecule has 154 valence electrons. The average molecular weight is 423 g/mol. The van der Waals surface area contributed by atoms with E-state index in [1.807, 2.05) is 6.92 Å². The fourth-order valence-corrected chi connectivity index (χ4v) is 3.78. The first kappa shape index (κ1) is 21.1. The van der Waals surface area contributed by atoms with Gasteiger partial charge >= 0.3 is 0 Å². The van der Waals surface area contributed by atoms with Gasteiger partial charge in [-0.3, -0.25) is 25.2 Å². The Balaban J connectivity index is 1.76. The van der Waals surface area contributed by atoms with E-state index >= 15 is 0 Å². The largest absolute Gasteiger partial charge is 0.280 e. The molecule has 0 aliphatic rings. The lowest BCUT2D eigenvalue weighted by Gasteiger charge is -2.12. The number of carbonyl (C=O) groups is 2. The van der Waals surface area contributed by atoms with Crippen LogP contribution in [0.1, 0.15) is 31.8 Å². The molecule has 8 heteroatoms. The summed E-state index contributed by atoms with van der Waals surface area (Å²) in [5.74, 6) is -1.10. The maximum atomic E-state index is 12.7. The van der Waals surface area contributed by atoms with Gasteiger partial charge in [0.1, 0.15) is 0 Å². The molecule has 2 amide bonds. The molecule has 0 saturated carbocycles. The molecule has 0 fully saturated rings. The van der Waals surface area contributed by atoms with Gasteiger partial charge < -0.3 is 0 Å². The van der Waals surface area contributed by atoms with Crippen molar-refractivity contribution in [3.8, 4) is 0 Å². The van der Waals surface area contributed by atoms with Crippen molar-refractivity contribution in [1.29, 1.82) is 0 Å². The van der Waals surface area contributed by atoms with Crippen LogP contribution in [-0.2, 0) is 10.0 Å². The minimum atomic E-state index is -3.89. The van der Waals surface area contributed by atoms with Crippen molar-refractivity contribution in [3.63, 3.8) is 0 Å². The number of aryl methyl sites for hydroxylation is 2. The molecular weight excluding hydrogens is 402 g/mol. The summed E-state index contributed by atoms with van der Waals surface area (Å²) in [4.78, 5) is 24.6. The molecule has 0 spiro atoms. The molecule has 30 heavy (non-hydrogen) atoms. The third-order valence-corrected chi connectivity index (χ3v) is 5.77. The zero-order valence-corrected chi connectivity index (χ0v) is 17.3. The molecule has 0 radical (unpaired) electrons.